The maximum atomic E-state index is 12.5. The standard InChI is InChI=1S/C13H8I3NO3S/c1-5-4-21-11(13(19)20)10(5)17-12(18)7-2-6(14)3-8(15)9(7)16/h2-4H,1H3,(H,17,18)(H,19,20). The second kappa shape index (κ2) is 7.08. The van der Waals surface area contributed by atoms with Crippen LogP contribution in [0.5, 0.6) is 0 Å². The lowest BCUT2D eigenvalue weighted by atomic mass is 10.2. The Morgan fingerprint density at radius 2 is 1.90 bits per heavy atom. The molecule has 1 amide bonds. The molecular weight excluding hydrogens is 631 g/mol. The number of halogens is 3. The van der Waals surface area contributed by atoms with Crippen LogP contribution in [0.4, 0.5) is 5.69 Å². The Morgan fingerprint density at radius 3 is 2.52 bits per heavy atom. The van der Waals surface area contributed by atoms with Crippen molar-refractivity contribution in [2.45, 2.75) is 6.92 Å². The topological polar surface area (TPSA) is 66.4 Å². The molecule has 2 N–H and O–H groups in total. The van der Waals surface area contributed by atoms with Crippen LogP contribution in [0.15, 0.2) is 17.5 Å². The van der Waals surface area contributed by atoms with Crippen LogP contribution in [0.25, 0.3) is 0 Å². The van der Waals surface area contributed by atoms with Gasteiger partial charge in [0, 0.05) is 10.7 Å². The van der Waals surface area contributed by atoms with Crippen LogP contribution in [0.1, 0.15) is 25.6 Å². The van der Waals surface area contributed by atoms with Gasteiger partial charge in [-0.1, -0.05) is 0 Å². The quantitative estimate of drug-likeness (QED) is 0.375. The van der Waals surface area contributed by atoms with Crippen molar-refractivity contribution in [2.75, 3.05) is 5.32 Å². The van der Waals surface area contributed by atoms with Gasteiger partial charge < -0.3 is 10.4 Å². The molecule has 21 heavy (non-hydrogen) atoms. The number of amides is 1. The maximum absolute atomic E-state index is 12.5. The van der Waals surface area contributed by atoms with Crippen molar-refractivity contribution in [2.24, 2.45) is 0 Å². The van der Waals surface area contributed by atoms with Crippen LogP contribution in [-0.2, 0) is 0 Å². The third-order valence-electron chi connectivity index (χ3n) is 2.65. The van der Waals surface area contributed by atoms with Crippen LogP contribution in [0.3, 0.4) is 0 Å². The molecule has 8 heteroatoms. The summed E-state index contributed by atoms with van der Waals surface area (Å²) in [6, 6.07) is 3.78. The van der Waals surface area contributed by atoms with Crippen LogP contribution < -0.4 is 5.32 Å². The Labute approximate surface area is 166 Å². The van der Waals surface area contributed by atoms with Gasteiger partial charge in [0.25, 0.3) is 5.91 Å². The van der Waals surface area contributed by atoms with Gasteiger partial charge >= 0.3 is 5.97 Å². The molecule has 0 aliphatic carbocycles. The van der Waals surface area contributed by atoms with Crippen molar-refractivity contribution in [3.63, 3.8) is 0 Å². The normalized spacial score (nSPS) is 10.5. The fraction of sp³-hybridized carbons (Fsp3) is 0.0769. The van der Waals surface area contributed by atoms with Crippen molar-refractivity contribution < 1.29 is 14.7 Å². The smallest absolute Gasteiger partial charge is 0.348 e. The van der Waals surface area contributed by atoms with Crippen LogP contribution in [-0.4, -0.2) is 17.0 Å². The molecule has 0 saturated carbocycles. The number of hydrogen-bond acceptors (Lipinski definition) is 3. The second-order valence-corrected chi connectivity index (χ2v) is 8.50. The SMILES string of the molecule is Cc1csc(C(=O)O)c1NC(=O)c1cc(I)cc(I)c1I. The summed E-state index contributed by atoms with van der Waals surface area (Å²) in [7, 11) is 0. The van der Waals surface area contributed by atoms with Gasteiger partial charge in [-0.05, 0) is 97.8 Å². The minimum Gasteiger partial charge on any atom is -0.477 e. The van der Waals surface area contributed by atoms with Gasteiger partial charge in [-0.25, -0.2) is 4.79 Å². The molecule has 0 atom stereocenters. The number of aromatic carboxylic acids is 1. The van der Waals surface area contributed by atoms with E-state index in [1.54, 1.807) is 18.4 Å². The van der Waals surface area contributed by atoms with Crippen LogP contribution >= 0.6 is 79.1 Å². The largest absolute Gasteiger partial charge is 0.477 e. The summed E-state index contributed by atoms with van der Waals surface area (Å²) in [5, 5.41) is 13.6. The lowest BCUT2D eigenvalue weighted by Gasteiger charge is -2.10. The van der Waals surface area contributed by atoms with Gasteiger partial charge in [-0.15, -0.1) is 11.3 Å². The second-order valence-electron chi connectivity index (χ2n) is 4.13. The zero-order valence-electron chi connectivity index (χ0n) is 10.5. The van der Waals surface area contributed by atoms with Gasteiger partial charge in [0.05, 0.1) is 11.3 Å². The Balaban J connectivity index is 2.40. The number of benzene rings is 1. The molecule has 1 aromatic heterocycles. The van der Waals surface area contributed by atoms with Crippen molar-refractivity contribution >= 4 is 96.7 Å². The minimum atomic E-state index is -1.03. The number of carbonyl (C=O) groups excluding carboxylic acids is 1. The number of aryl methyl sites for hydroxylation is 1. The van der Waals surface area contributed by atoms with Gasteiger partial charge in [0.1, 0.15) is 4.88 Å². The Kier molecular flexibility index (Phi) is 5.87. The van der Waals surface area contributed by atoms with E-state index in [1.807, 2.05) is 6.07 Å². The molecule has 2 aromatic rings. The molecule has 1 heterocycles. The highest BCUT2D eigenvalue weighted by atomic mass is 127. The number of rotatable bonds is 3. The third-order valence-corrected chi connectivity index (χ3v) is 7.40. The zero-order chi connectivity index (χ0) is 15.7. The molecule has 110 valence electrons. The summed E-state index contributed by atoms with van der Waals surface area (Å²) >= 11 is 7.57. The number of carboxylic acid groups (broad SMARTS) is 1. The highest BCUT2D eigenvalue weighted by Crippen LogP contribution is 2.29. The van der Waals surface area contributed by atoms with Crippen molar-refractivity contribution in [3.05, 3.63) is 44.2 Å². The van der Waals surface area contributed by atoms with Crippen molar-refractivity contribution in [1.29, 1.82) is 0 Å². The average molecular weight is 639 g/mol. The molecule has 2 rings (SSSR count). The number of hydrogen-bond donors (Lipinski definition) is 2. The molecule has 0 unspecified atom stereocenters. The molecule has 4 nitrogen and oxygen atoms in total. The lowest BCUT2D eigenvalue weighted by Crippen LogP contribution is -2.16. The first kappa shape index (κ1) is 17.4. The first-order valence-corrected chi connectivity index (χ1v) is 9.70. The van der Waals surface area contributed by atoms with Gasteiger partial charge in [0.2, 0.25) is 0 Å². The molecule has 0 bridgehead atoms. The predicted molar refractivity (Wildman–Crippen MR) is 109 cm³/mol. The first-order chi connectivity index (χ1) is 9.81. The molecule has 0 saturated heterocycles. The van der Waals surface area contributed by atoms with E-state index < -0.39 is 5.97 Å². The Bertz CT molecular complexity index is 743. The fourth-order valence-electron chi connectivity index (χ4n) is 1.66. The number of carbonyl (C=O) groups is 2. The maximum Gasteiger partial charge on any atom is 0.348 e. The average Bonchev–Trinajstić information content (AvgIpc) is 2.75. The van der Waals surface area contributed by atoms with E-state index in [-0.39, 0.29) is 10.8 Å². The Hall–Kier alpha value is 0.0500. The molecular formula is C13H8I3NO3S. The molecule has 0 aliphatic heterocycles. The van der Waals surface area contributed by atoms with E-state index in [0.29, 0.717) is 11.3 Å². The lowest BCUT2D eigenvalue weighted by molar-refractivity contribution is 0.0703. The Morgan fingerprint density at radius 1 is 1.24 bits per heavy atom. The van der Waals surface area contributed by atoms with Gasteiger partial charge in [-0.3, -0.25) is 4.79 Å². The van der Waals surface area contributed by atoms with Gasteiger partial charge in [0.15, 0.2) is 0 Å². The summed E-state index contributed by atoms with van der Waals surface area (Å²) in [5.41, 5.74) is 1.68. The fourth-order valence-corrected chi connectivity index (χ4v) is 4.90. The number of carboxylic acids is 1. The third kappa shape index (κ3) is 3.88. The minimum absolute atomic E-state index is 0.149. The highest BCUT2D eigenvalue weighted by molar-refractivity contribution is 14.1. The van der Waals surface area contributed by atoms with Crippen molar-refractivity contribution in [1.82, 2.24) is 0 Å². The summed E-state index contributed by atoms with van der Waals surface area (Å²) < 4.78 is 2.81. The predicted octanol–water partition coefficient (Wildman–Crippen LogP) is 4.82. The van der Waals surface area contributed by atoms with E-state index in [4.69, 9.17) is 5.11 Å². The van der Waals surface area contributed by atoms with Crippen LogP contribution in [0, 0.1) is 17.6 Å². The molecule has 1 aromatic carbocycles. The van der Waals surface area contributed by atoms with Crippen LogP contribution in [0.2, 0.25) is 0 Å². The number of anilines is 1. The highest BCUT2D eigenvalue weighted by Gasteiger charge is 2.20. The molecule has 0 spiro atoms. The summed E-state index contributed by atoms with van der Waals surface area (Å²) in [6.07, 6.45) is 0. The van der Waals surface area contributed by atoms with Crippen molar-refractivity contribution in [3.8, 4) is 0 Å². The number of nitrogens with one attached hydrogen (secondary N) is 1. The zero-order valence-corrected chi connectivity index (χ0v) is 17.8. The van der Waals surface area contributed by atoms with E-state index in [0.717, 1.165) is 27.6 Å². The summed E-state index contributed by atoms with van der Waals surface area (Å²) in [6.45, 7) is 1.78. The summed E-state index contributed by atoms with van der Waals surface area (Å²) in [4.78, 5) is 23.8. The van der Waals surface area contributed by atoms with E-state index in [2.05, 4.69) is 73.1 Å². The van der Waals surface area contributed by atoms with E-state index in [9.17, 15) is 9.59 Å². The number of thiophene rings is 1. The molecule has 0 radical (unpaired) electrons. The van der Waals surface area contributed by atoms with Gasteiger partial charge in [-0.2, -0.15) is 0 Å². The molecule has 0 aliphatic rings. The monoisotopic (exact) mass is 639 g/mol. The molecule has 0 fully saturated rings. The van der Waals surface area contributed by atoms with E-state index >= 15 is 0 Å². The summed E-state index contributed by atoms with van der Waals surface area (Å²) in [5.74, 6) is -1.32. The first-order valence-electron chi connectivity index (χ1n) is 5.58. The van der Waals surface area contributed by atoms with E-state index in [1.165, 1.54) is 0 Å².